The number of pyridine rings is 1. The maximum absolute atomic E-state index is 13.7. The monoisotopic (exact) mass is 717 g/mol. The number of anilines is 2. The number of imidazole rings is 1. The molecule has 2 amide bonds. The zero-order valence-electron chi connectivity index (χ0n) is 30.5. The second kappa shape index (κ2) is 14.6. The zero-order valence-corrected chi connectivity index (χ0v) is 30.5. The minimum Gasteiger partial charge on any atom is -0.405 e. The molecule has 2 N–H and O–H groups in total. The van der Waals surface area contributed by atoms with Gasteiger partial charge < -0.3 is 24.8 Å². The van der Waals surface area contributed by atoms with Crippen LogP contribution < -0.4 is 15.0 Å². The number of benzene rings is 2. The maximum atomic E-state index is 13.7. The van der Waals surface area contributed by atoms with E-state index in [4.69, 9.17) is 4.98 Å². The van der Waals surface area contributed by atoms with Gasteiger partial charge in [0.05, 0.1) is 23.6 Å². The number of carbonyl (C=O) groups excluding carboxylic acids is 2. The number of hydrogen-bond donors (Lipinski definition) is 2. The van der Waals surface area contributed by atoms with Gasteiger partial charge in [0.2, 0.25) is 5.91 Å². The Morgan fingerprint density at radius 3 is 2.27 bits per heavy atom. The predicted octanol–water partition coefficient (Wildman–Crippen LogP) is 7.56. The summed E-state index contributed by atoms with van der Waals surface area (Å²) in [4.78, 5) is 45.0. The molecule has 276 valence electrons. The first-order chi connectivity index (χ1) is 24.6. The lowest BCUT2D eigenvalue weighted by Crippen LogP contribution is -2.51. The number of ether oxygens (including phenoxy) is 1. The number of rotatable bonds is 8. The fraction of sp³-hybridized carbons (Fsp3) is 0.436. The van der Waals surface area contributed by atoms with Crippen LogP contribution in [0.5, 0.6) is 5.75 Å². The van der Waals surface area contributed by atoms with Gasteiger partial charge in [-0.3, -0.25) is 14.5 Å². The fourth-order valence-electron chi connectivity index (χ4n) is 7.07. The molecule has 10 nitrogen and oxygen atoms in total. The summed E-state index contributed by atoms with van der Waals surface area (Å²) in [5.41, 5.74) is 2.88. The first-order valence-electron chi connectivity index (χ1n) is 17.7. The van der Waals surface area contributed by atoms with E-state index in [1.54, 1.807) is 30.3 Å². The van der Waals surface area contributed by atoms with E-state index in [1.165, 1.54) is 6.20 Å². The Kier molecular flexibility index (Phi) is 10.4. The number of alkyl halides is 3. The third-order valence-electron chi connectivity index (χ3n) is 9.76. The lowest BCUT2D eigenvalue weighted by molar-refractivity contribution is -0.274. The lowest BCUT2D eigenvalue weighted by Gasteiger charge is -2.38. The Morgan fingerprint density at radius 2 is 1.69 bits per heavy atom. The molecule has 2 atom stereocenters. The first kappa shape index (κ1) is 36.9. The predicted molar refractivity (Wildman–Crippen MR) is 195 cm³/mol. The van der Waals surface area contributed by atoms with Crippen LogP contribution in [0.25, 0.3) is 22.4 Å². The molecular weight excluding hydrogens is 671 g/mol. The van der Waals surface area contributed by atoms with Crippen LogP contribution in [0, 0.1) is 11.3 Å². The van der Waals surface area contributed by atoms with Crippen LogP contribution in [0.1, 0.15) is 68.8 Å². The Morgan fingerprint density at radius 1 is 1.00 bits per heavy atom. The van der Waals surface area contributed by atoms with Crippen molar-refractivity contribution < 1.29 is 27.5 Å². The molecule has 0 spiro atoms. The first-order valence-corrected chi connectivity index (χ1v) is 17.7. The van der Waals surface area contributed by atoms with Gasteiger partial charge in [-0.15, -0.1) is 13.2 Å². The van der Waals surface area contributed by atoms with Gasteiger partial charge in [0, 0.05) is 61.0 Å². The summed E-state index contributed by atoms with van der Waals surface area (Å²) >= 11 is 0. The molecule has 2 aliphatic rings. The number of nitrogens with one attached hydrogen (secondary N) is 2. The summed E-state index contributed by atoms with van der Waals surface area (Å²) in [5.74, 6) is 1.24. The van der Waals surface area contributed by atoms with Crippen LogP contribution in [0.2, 0.25) is 0 Å². The van der Waals surface area contributed by atoms with Crippen molar-refractivity contribution in [1.82, 2.24) is 24.8 Å². The average molecular weight is 718 g/mol. The van der Waals surface area contributed by atoms with E-state index >= 15 is 0 Å². The molecule has 2 saturated heterocycles. The molecule has 6 rings (SSSR count). The summed E-state index contributed by atoms with van der Waals surface area (Å²) in [6.07, 6.45) is -0.196. The average Bonchev–Trinajstić information content (AvgIpc) is 3.73. The molecule has 4 heterocycles. The molecule has 0 bridgehead atoms. The summed E-state index contributed by atoms with van der Waals surface area (Å²) in [5, 5.41) is 2.78. The third-order valence-corrected chi connectivity index (χ3v) is 9.76. The molecule has 2 fully saturated rings. The van der Waals surface area contributed by atoms with Crippen molar-refractivity contribution in [3.63, 3.8) is 0 Å². The highest BCUT2D eigenvalue weighted by Gasteiger charge is 2.34. The van der Waals surface area contributed by atoms with Crippen LogP contribution in [-0.2, 0) is 11.2 Å². The number of amides is 2. The van der Waals surface area contributed by atoms with Crippen LogP contribution in [0.15, 0.2) is 60.9 Å². The number of piperazine rings is 1. The van der Waals surface area contributed by atoms with Crippen molar-refractivity contribution in [2.75, 3.05) is 50.0 Å². The van der Waals surface area contributed by atoms with Crippen molar-refractivity contribution in [2.24, 2.45) is 11.3 Å². The molecule has 52 heavy (non-hydrogen) atoms. The molecule has 4 aromatic rings. The number of carbonyl (C=O) groups is 2. The Balaban J connectivity index is 1.18. The van der Waals surface area contributed by atoms with Gasteiger partial charge in [0.1, 0.15) is 17.4 Å². The van der Waals surface area contributed by atoms with E-state index in [2.05, 4.69) is 43.8 Å². The van der Waals surface area contributed by atoms with Gasteiger partial charge in [-0.25, -0.2) is 9.97 Å². The van der Waals surface area contributed by atoms with E-state index in [9.17, 15) is 22.8 Å². The van der Waals surface area contributed by atoms with Gasteiger partial charge in [-0.2, -0.15) is 0 Å². The Bertz CT molecular complexity index is 1890. The topological polar surface area (TPSA) is 107 Å². The number of halogens is 3. The third kappa shape index (κ3) is 8.25. The summed E-state index contributed by atoms with van der Waals surface area (Å²) in [6.45, 7) is 13.2. The quantitative estimate of drug-likeness (QED) is 0.194. The largest absolute Gasteiger partial charge is 0.573 e. The van der Waals surface area contributed by atoms with Crippen LogP contribution >= 0.6 is 0 Å². The van der Waals surface area contributed by atoms with E-state index in [1.807, 2.05) is 50.9 Å². The zero-order chi connectivity index (χ0) is 37.4. The highest BCUT2D eigenvalue weighted by molar-refractivity contribution is 6.06. The highest BCUT2D eigenvalue weighted by Crippen LogP contribution is 2.38. The van der Waals surface area contributed by atoms with Crippen molar-refractivity contribution in [3.8, 4) is 28.1 Å². The molecule has 0 saturated carbocycles. The van der Waals surface area contributed by atoms with Crippen molar-refractivity contribution in [1.29, 1.82) is 0 Å². The number of aromatic amines is 1. The van der Waals surface area contributed by atoms with E-state index in [0.29, 0.717) is 61.1 Å². The van der Waals surface area contributed by atoms with Crippen molar-refractivity contribution >= 4 is 23.3 Å². The van der Waals surface area contributed by atoms with Crippen molar-refractivity contribution in [2.45, 2.75) is 59.9 Å². The number of aryl methyl sites for hydroxylation is 1. The second-order valence-electron chi connectivity index (χ2n) is 14.8. The van der Waals surface area contributed by atoms with E-state index < -0.39 is 23.4 Å². The van der Waals surface area contributed by atoms with Crippen LogP contribution in [-0.4, -0.2) is 82.7 Å². The second-order valence-corrected chi connectivity index (χ2v) is 14.8. The minimum atomic E-state index is -4.97. The Hall–Kier alpha value is -4.91. The van der Waals surface area contributed by atoms with Gasteiger partial charge >= 0.3 is 6.36 Å². The number of hydrogen-bond acceptors (Lipinski definition) is 7. The molecule has 2 aromatic carbocycles. The summed E-state index contributed by atoms with van der Waals surface area (Å²) in [6, 6.07) is 13.6. The lowest BCUT2D eigenvalue weighted by atomic mass is 9.94. The molecule has 0 aliphatic carbocycles. The smallest absolute Gasteiger partial charge is 0.405 e. The molecule has 2 unspecified atom stereocenters. The molecule has 13 heteroatoms. The normalized spacial score (nSPS) is 18.5. The minimum absolute atomic E-state index is 0.0704. The van der Waals surface area contributed by atoms with Gasteiger partial charge in [-0.05, 0) is 61.2 Å². The highest BCUT2D eigenvalue weighted by atomic mass is 19.4. The molecule has 0 radical (unpaired) electrons. The summed E-state index contributed by atoms with van der Waals surface area (Å²) in [7, 11) is 2.09. The molecule has 2 aliphatic heterocycles. The van der Waals surface area contributed by atoms with Crippen molar-refractivity contribution in [3.05, 3.63) is 77.9 Å². The number of likely N-dealkylation sites (tertiary alicyclic amines) is 1. The molecular formula is C39H46F3N7O3. The number of H-pyrrole nitrogens is 1. The van der Waals surface area contributed by atoms with Crippen LogP contribution in [0.3, 0.4) is 0 Å². The Labute approximate surface area is 302 Å². The van der Waals surface area contributed by atoms with E-state index in [0.717, 1.165) is 36.1 Å². The maximum Gasteiger partial charge on any atom is 0.573 e. The standard InChI is InChI=1S/C39H46F3N7O3/c1-7-25-19-29(26-8-10-27(11-9-26)31-22-44-35(46-31)32-18-24(2)23-47(32)6)33(52-39(40,41)42)20-30(25)36(50)45-28-12-13-34(43-21-28)48-14-16-49(17-15-48)37(51)38(3,4)5/h8-13,19-22,24,32H,7,14-18,23H2,1-6H3,(H,44,46)(H,45,50). The SMILES string of the molecule is CCc1cc(-c2ccc(-c3c[nH]c(C4CC(C)CN4C)n3)cc2)c(OC(F)(F)F)cc1C(=O)Nc1ccc(N2CCN(C(=O)C(C)(C)C)CC2)nc1. The van der Waals surface area contributed by atoms with E-state index in [-0.39, 0.29) is 23.1 Å². The van der Waals surface area contributed by atoms with Crippen LogP contribution in [0.4, 0.5) is 24.7 Å². The van der Waals surface area contributed by atoms with Gasteiger partial charge in [-0.1, -0.05) is 58.9 Å². The van der Waals surface area contributed by atoms with Gasteiger partial charge in [0.25, 0.3) is 5.91 Å². The summed E-state index contributed by atoms with van der Waals surface area (Å²) < 4.78 is 45.6. The molecule has 2 aromatic heterocycles. The fourth-order valence-corrected chi connectivity index (χ4v) is 7.07. The number of aromatic nitrogens is 3. The van der Waals surface area contributed by atoms with Gasteiger partial charge in [0.15, 0.2) is 0 Å². The number of nitrogens with zero attached hydrogens (tertiary/aromatic N) is 5.